The van der Waals surface area contributed by atoms with Crippen LogP contribution < -0.4 is 5.32 Å². The SMILES string of the molecule is CC(=O)NCc1cnc([C@@H]2CCCN2C(=O)c2scnc2C)cc1C(F)(F)F. The van der Waals surface area contributed by atoms with Crippen molar-refractivity contribution >= 4 is 23.2 Å². The van der Waals surface area contributed by atoms with Crippen LogP contribution in [-0.4, -0.2) is 33.2 Å². The topological polar surface area (TPSA) is 75.2 Å². The van der Waals surface area contributed by atoms with Gasteiger partial charge in [0.2, 0.25) is 5.91 Å². The van der Waals surface area contributed by atoms with E-state index in [9.17, 15) is 22.8 Å². The Balaban J connectivity index is 1.92. The molecule has 28 heavy (non-hydrogen) atoms. The third-order valence-corrected chi connectivity index (χ3v) is 5.55. The Morgan fingerprint density at radius 1 is 1.36 bits per heavy atom. The van der Waals surface area contributed by atoms with Crippen LogP contribution in [0.3, 0.4) is 0 Å². The van der Waals surface area contributed by atoms with Crippen molar-refractivity contribution in [3.05, 3.63) is 45.2 Å². The summed E-state index contributed by atoms with van der Waals surface area (Å²) in [5.41, 5.74) is 1.42. The quantitative estimate of drug-likeness (QED) is 0.834. The van der Waals surface area contributed by atoms with Gasteiger partial charge in [0.25, 0.3) is 5.91 Å². The summed E-state index contributed by atoms with van der Waals surface area (Å²) >= 11 is 1.22. The number of carbonyl (C=O) groups is 2. The largest absolute Gasteiger partial charge is 0.416 e. The van der Waals surface area contributed by atoms with E-state index in [1.165, 1.54) is 18.3 Å². The molecule has 1 fully saturated rings. The van der Waals surface area contributed by atoms with Crippen LogP contribution in [0.5, 0.6) is 0 Å². The van der Waals surface area contributed by atoms with Gasteiger partial charge in [0.15, 0.2) is 0 Å². The number of carbonyl (C=O) groups excluding carboxylic acids is 2. The third-order valence-electron chi connectivity index (χ3n) is 4.64. The van der Waals surface area contributed by atoms with Crippen molar-refractivity contribution in [3.8, 4) is 0 Å². The number of hydrogen-bond acceptors (Lipinski definition) is 5. The molecular formula is C18H19F3N4O2S. The number of nitrogens with one attached hydrogen (secondary N) is 1. The van der Waals surface area contributed by atoms with Gasteiger partial charge < -0.3 is 10.2 Å². The second-order valence-corrected chi connectivity index (χ2v) is 7.45. The summed E-state index contributed by atoms with van der Waals surface area (Å²) in [5.74, 6) is -0.662. The van der Waals surface area contributed by atoms with Gasteiger partial charge in [-0.3, -0.25) is 14.6 Å². The number of hydrogen-bond donors (Lipinski definition) is 1. The zero-order chi connectivity index (χ0) is 20.5. The number of likely N-dealkylation sites (tertiary alicyclic amines) is 1. The molecule has 0 aliphatic carbocycles. The first-order valence-electron chi connectivity index (χ1n) is 8.70. The highest BCUT2D eigenvalue weighted by Gasteiger charge is 2.37. The van der Waals surface area contributed by atoms with Crippen molar-refractivity contribution in [2.24, 2.45) is 0 Å². The third kappa shape index (κ3) is 4.16. The number of alkyl halides is 3. The van der Waals surface area contributed by atoms with E-state index in [0.29, 0.717) is 30.0 Å². The highest BCUT2D eigenvalue weighted by Crippen LogP contribution is 2.37. The summed E-state index contributed by atoms with van der Waals surface area (Å²) in [5, 5.41) is 2.37. The molecule has 2 aromatic rings. The molecule has 1 atom stereocenters. The minimum Gasteiger partial charge on any atom is -0.352 e. The van der Waals surface area contributed by atoms with Crippen molar-refractivity contribution in [2.75, 3.05) is 6.54 Å². The average Bonchev–Trinajstić information content (AvgIpc) is 3.27. The van der Waals surface area contributed by atoms with Gasteiger partial charge in [-0.15, -0.1) is 11.3 Å². The van der Waals surface area contributed by atoms with E-state index in [1.807, 2.05) is 0 Å². The Morgan fingerprint density at radius 3 is 2.71 bits per heavy atom. The van der Waals surface area contributed by atoms with E-state index in [2.05, 4.69) is 15.3 Å². The maximum Gasteiger partial charge on any atom is 0.416 e. The van der Waals surface area contributed by atoms with Crippen LogP contribution in [0.25, 0.3) is 0 Å². The zero-order valence-electron chi connectivity index (χ0n) is 15.3. The number of aryl methyl sites for hydroxylation is 1. The van der Waals surface area contributed by atoms with E-state index in [4.69, 9.17) is 0 Å². The van der Waals surface area contributed by atoms with Gasteiger partial charge in [-0.05, 0) is 25.8 Å². The molecule has 0 saturated carbocycles. The highest BCUT2D eigenvalue weighted by molar-refractivity contribution is 7.11. The molecule has 2 amide bonds. The molecule has 0 spiro atoms. The molecule has 10 heteroatoms. The first-order chi connectivity index (χ1) is 13.2. The first-order valence-corrected chi connectivity index (χ1v) is 9.58. The maximum atomic E-state index is 13.5. The number of halogens is 3. The van der Waals surface area contributed by atoms with Crippen molar-refractivity contribution in [1.82, 2.24) is 20.2 Å². The highest BCUT2D eigenvalue weighted by atomic mass is 32.1. The van der Waals surface area contributed by atoms with Crippen LogP contribution in [0.1, 0.15) is 58.0 Å². The Hall–Kier alpha value is -2.49. The van der Waals surface area contributed by atoms with Gasteiger partial charge in [0.05, 0.1) is 28.5 Å². The van der Waals surface area contributed by atoms with E-state index >= 15 is 0 Å². The van der Waals surface area contributed by atoms with Crippen LogP contribution in [0.15, 0.2) is 17.8 Å². The lowest BCUT2D eigenvalue weighted by Crippen LogP contribution is -2.31. The summed E-state index contributed by atoms with van der Waals surface area (Å²) in [6.07, 6.45) is -2.23. The van der Waals surface area contributed by atoms with Gasteiger partial charge in [0, 0.05) is 31.8 Å². The Labute approximate surface area is 163 Å². The van der Waals surface area contributed by atoms with Gasteiger partial charge in [-0.2, -0.15) is 13.2 Å². The summed E-state index contributed by atoms with van der Waals surface area (Å²) in [6.45, 7) is 3.16. The second kappa shape index (κ2) is 7.86. The van der Waals surface area contributed by atoms with Crippen molar-refractivity contribution in [3.63, 3.8) is 0 Å². The van der Waals surface area contributed by atoms with Crippen LogP contribution >= 0.6 is 11.3 Å². The molecule has 0 radical (unpaired) electrons. The molecule has 0 bridgehead atoms. The van der Waals surface area contributed by atoms with Crippen molar-refractivity contribution < 1.29 is 22.8 Å². The molecule has 150 valence electrons. The molecular weight excluding hydrogens is 393 g/mol. The molecule has 2 aromatic heterocycles. The minimum absolute atomic E-state index is 0.111. The lowest BCUT2D eigenvalue weighted by Gasteiger charge is -2.25. The lowest BCUT2D eigenvalue weighted by molar-refractivity contribution is -0.138. The predicted molar refractivity (Wildman–Crippen MR) is 96.6 cm³/mol. The molecule has 1 saturated heterocycles. The molecule has 6 nitrogen and oxygen atoms in total. The van der Waals surface area contributed by atoms with Gasteiger partial charge in [0.1, 0.15) is 4.88 Å². The molecule has 0 aromatic carbocycles. The van der Waals surface area contributed by atoms with Gasteiger partial charge in [-0.1, -0.05) is 0 Å². The van der Waals surface area contributed by atoms with E-state index in [-0.39, 0.29) is 23.7 Å². The van der Waals surface area contributed by atoms with Crippen LogP contribution in [0.2, 0.25) is 0 Å². The normalized spacial score (nSPS) is 17.0. The second-order valence-electron chi connectivity index (χ2n) is 6.60. The van der Waals surface area contributed by atoms with Crippen molar-refractivity contribution in [1.29, 1.82) is 0 Å². The molecule has 1 N–H and O–H groups in total. The fraction of sp³-hybridized carbons (Fsp3) is 0.444. The monoisotopic (exact) mass is 412 g/mol. The van der Waals surface area contributed by atoms with Crippen molar-refractivity contribution in [2.45, 2.75) is 45.5 Å². The minimum atomic E-state index is -4.59. The molecule has 3 rings (SSSR count). The van der Waals surface area contributed by atoms with Crippen LogP contribution in [0, 0.1) is 6.92 Å². The Kier molecular flexibility index (Phi) is 5.69. The molecule has 0 unspecified atom stereocenters. The zero-order valence-corrected chi connectivity index (χ0v) is 16.2. The summed E-state index contributed by atoms with van der Waals surface area (Å²) in [6, 6.07) is 0.470. The Bertz CT molecular complexity index is 897. The standard InChI is InChI=1S/C18H19F3N4O2S/c1-10-16(28-9-24-10)17(27)25-5-3-4-15(25)14-6-13(18(19,20)21)12(8-23-14)7-22-11(2)26/h6,8-9,15H,3-5,7H2,1-2H3,(H,22,26)/t15-/m0/s1. The molecule has 1 aliphatic rings. The average molecular weight is 412 g/mol. The molecule has 3 heterocycles. The number of nitrogens with zero attached hydrogens (tertiary/aromatic N) is 3. The number of thiazole rings is 1. The van der Waals surface area contributed by atoms with Crippen LogP contribution in [-0.2, 0) is 17.5 Å². The summed E-state index contributed by atoms with van der Waals surface area (Å²) in [4.78, 5) is 34.2. The van der Waals surface area contributed by atoms with Crippen LogP contribution in [0.4, 0.5) is 13.2 Å². The fourth-order valence-corrected chi connectivity index (χ4v) is 4.02. The summed E-state index contributed by atoms with van der Waals surface area (Å²) in [7, 11) is 0. The summed E-state index contributed by atoms with van der Waals surface area (Å²) < 4.78 is 40.6. The maximum absolute atomic E-state index is 13.5. The van der Waals surface area contributed by atoms with E-state index in [0.717, 1.165) is 12.3 Å². The van der Waals surface area contributed by atoms with Gasteiger partial charge >= 0.3 is 6.18 Å². The number of aromatic nitrogens is 2. The number of amides is 2. The lowest BCUT2D eigenvalue weighted by atomic mass is 10.0. The first kappa shape index (κ1) is 20.2. The molecule has 1 aliphatic heterocycles. The Morgan fingerprint density at radius 2 is 2.11 bits per heavy atom. The number of rotatable bonds is 4. The number of pyridine rings is 1. The van der Waals surface area contributed by atoms with E-state index < -0.39 is 23.7 Å². The predicted octanol–water partition coefficient (Wildman–Crippen LogP) is 3.48. The van der Waals surface area contributed by atoms with E-state index in [1.54, 1.807) is 17.3 Å². The fourth-order valence-electron chi connectivity index (χ4n) is 3.26. The van der Waals surface area contributed by atoms with Gasteiger partial charge in [-0.25, -0.2) is 4.98 Å². The smallest absolute Gasteiger partial charge is 0.352 e.